The number of amides is 1. The summed E-state index contributed by atoms with van der Waals surface area (Å²) in [5.74, 6) is 0.488. The van der Waals surface area contributed by atoms with Gasteiger partial charge in [0.05, 0.1) is 0 Å². The van der Waals surface area contributed by atoms with E-state index in [0.29, 0.717) is 25.3 Å². The Bertz CT molecular complexity index is 343. The highest BCUT2D eigenvalue weighted by atomic mass is 32.2. The maximum Gasteiger partial charge on any atom is 0.220 e. The topological polar surface area (TPSA) is 55.1 Å². The van der Waals surface area contributed by atoms with Gasteiger partial charge in [-0.1, -0.05) is 0 Å². The fraction of sp³-hybridized carbons (Fsp3) is 0.417. The molecule has 3 N–H and O–H groups in total. The van der Waals surface area contributed by atoms with Gasteiger partial charge < -0.3 is 11.1 Å². The van der Waals surface area contributed by atoms with Gasteiger partial charge in [0, 0.05) is 23.6 Å². The molecule has 0 atom stereocenters. The van der Waals surface area contributed by atoms with Crippen molar-refractivity contribution in [2.75, 3.05) is 18.8 Å². The molecule has 0 bridgehead atoms. The first-order valence-electron chi connectivity index (χ1n) is 5.57. The molecular formula is C12H17FN2OS. The molecule has 0 spiro atoms. The van der Waals surface area contributed by atoms with Gasteiger partial charge in [0.1, 0.15) is 5.82 Å². The number of benzene rings is 1. The second kappa shape index (κ2) is 8.08. The lowest BCUT2D eigenvalue weighted by atomic mass is 10.3. The molecule has 0 aliphatic heterocycles. The van der Waals surface area contributed by atoms with Crippen LogP contribution >= 0.6 is 11.8 Å². The van der Waals surface area contributed by atoms with Crippen molar-refractivity contribution in [2.45, 2.75) is 17.7 Å². The van der Waals surface area contributed by atoms with Crippen LogP contribution in [0.5, 0.6) is 0 Å². The summed E-state index contributed by atoms with van der Waals surface area (Å²) in [7, 11) is 0. The molecule has 1 aromatic rings. The largest absolute Gasteiger partial charge is 0.356 e. The monoisotopic (exact) mass is 256 g/mol. The third kappa shape index (κ3) is 6.28. The summed E-state index contributed by atoms with van der Waals surface area (Å²) in [4.78, 5) is 12.3. The van der Waals surface area contributed by atoms with E-state index in [-0.39, 0.29) is 11.7 Å². The standard InChI is InChI=1S/C12H17FN2OS/c13-10-2-4-11(5-3-10)17-9-6-12(16)15-8-1-7-14/h2-5H,1,6-9,14H2,(H,15,16). The Balaban J connectivity index is 2.14. The number of hydrogen-bond donors (Lipinski definition) is 2. The van der Waals surface area contributed by atoms with Crippen LogP contribution in [0.25, 0.3) is 0 Å². The molecule has 0 heterocycles. The summed E-state index contributed by atoms with van der Waals surface area (Å²) in [5, 5.41) is 2.79. The number of thioether (sulfide) groups is 1. The lowest BCUT2D eigenvalue weighted by Gasteiger charge is -2.04. The first kappa shape index (κ1) is 14.0. The maximum absolute atomic E-state index is 12.6. The third-order valence-electron chi connectivity index (χ3n) is 2.11. The van der Waals surface area contributed by atoms with Gasteiger partial charge in [-0.15, -0.1) is 11.8 Å². The molecule has 3 nitrogen and oxygen atoms in total. The van der Waals surface area contributed by atoms with Crippen molar-refractivity contribution in [1.82, 2.24) is 5.32 Å². The molecule has 0 unspecified atom stereocenters. The Morgan fingerprint density at radius 1 is 1.35 bits per heavy atom. The van der Waals surface area contributed by atoms with E-state index < -0.39 is 0 Å². The Morgan fingerprint density at radius 3 is 2.71 bits per heavy atom. The van der Waals surface area contributed by atoms with Crippen molar-refractivity contribution < 1.29 is 9.18 Å². The molecule has 0 saturated heterocycles. The number of rotatable bonds is 7. The SMILES string of the molecule is NCCCNC(=O)CCSc1ccc(F)cc1. The molecule has 5 heteroatoms. The fourth-order valence-corrected chi connectivity index (χ4v) is 2.06. The van der Waals surface area contributed by atoms with E-state index in [0.717, 1.165) is 11.3 Å². The second-order valence-electron chi connectivity index (χ2n) is 3.54. The number of halogens is 1. The van der Waals surface area contributed by atoms with E-state index >= 15 is 0 Å². The molecule has 17 heavy (non-hydrogen) atoms. The van der Waals surface area contributed by atoms with Crippen LogP contribution in [0.4, 0.5) is 4.39 Å². The summed E-state index contributed by atoms with van der Waals surface area (Å²) in [5.41, 5.74) is 5.32. The molecule has 0 fully saturated rings. The average molecular weight is 256 g/mol. The number of nitrogens with two attached hydrogens (primary N) is 1. The minimum Gasteiger partial charge on any atom is -0.356 e. The summed E-state index contributed by atoms with van der Waals surface area (Å²) in [6, 6.07) is 6.27. The lowest BCUT2D eigenvalue weighted by Crippen LogP contribution is -2.26. The summed E-state index contributed by atoms with van der Waals surface area (Å²) in [6.45, 7) is 1.22. The molecule has 1 rings (SSSR count). The van der Waals surface area contributed by atoms with Gasteiger partial charge in [-0.2, -0.15) is 0 Å². The van der Waals surface area contributed by atoms with Crippen molar-refractivity contribution in [3.63, 3.8) is 0 Å². The first-order chi connectivity index (χ1) is 8.22. The smallest absolute Gasteiger partial charge is 0.220 e. The predicted molar refractivity (Wildman–Crippen MR) is 68.4 cm³/mol. The van der Waals surface area contributed by atoms with Crippen LogP contribution in [0.1, 0.15) is 12.8 Å². The Hall–Kier alpha value is -1.07. The summed E-state index contributed by atoms with van der Waals surface area (Å²) in [6.07, 6.45) is 1.27. The summed E-state index contributed by atoms with van der Waals surface area (Å²) >= 11 is 1.54. The molecule has 1 aromatic carbocycles. The van der Waals surface area contributed by atoms with Crippen molar-refractivity contribution in [1.29, 1.82) is 0 Å². The minimum absolute atomic E-state index is 0.0352. The normalized spacial score (nSPS) is 10.2. The third-order valence-corrected chi connectivity index (χ3v) is 3.13. The van der Waals surface area contributed by atoms with Crippen LogP contribution in [0.3, 0.4) is 0 Å². The molecular weight excluding hydrogens is 239 g/mol. The van der Waals surface area contributed by atoms with E-state index in [1.807, 2.05) is 0 Å². The zero-order chi connectivity index (χ0) is 12.5. The number of hydrogen-bond acceptors (Lipinski definition) is 3. The Morgan fingerprint density at radius 2 is 2.06 bits per heavy atom. The van der Waals surface area contributed by atoms with Crippen molar-refractivity contribution in [3.05, 3.63) is 30.1 Å². The number of carbonyl (C=O) groups excluding carboxylic acids is 1. The van der Waals surface area contributed by atoms with Crippen molar-refractivity contribution in [2.24, 2.45) is 5.73 Å². The van der Waals surface area contributed by atoms with Crippen molar-refractivity contribution >= 4 is 17.7 Å². The minimum atomic E-state index is -0.242. The van der Waals surface area contributed by atoms with E-state index in [9.17, 15) is 9.18 Å². The van der Waals surface area contributed by atoms with Gasteiger partial charge in [0.15, 0.2) is 0 Å². The Kier molecular flexibility index (Phi) is 6.65. The molecule has 94 valence electrons. The maximum atomic E-state index is 12.6. The van der Waals surface area contributed by atoms with Crippen LogP contribution in [-0.2, 0) is 4.79 Å². The summed E-state index contributed by atoms with van der Waals surface area (Å²) < 4.78 is 12.6. The predicted octanol–water partition coefficient (Wildman–Crippen LogP) is 1.77. The fourth-order valence-electron chi connectivity index (χ4n) is 1.21. The molecule has 0 saturated carbocycles. The van der Waals surface area contributed by atoms with Crippen LogP contribution < -0.4 is 11.1 Å². The van der Waals surface area contributed by atoms with E-state index in [4.69, 9.17) is 5.73 Å². The van der Waals surface area contributed by atoms with E-state index in [1.54, 1.807) is 23.9 Å². The first-order valence-corrected chi connectivity index (χ1v) is 6.56. The molecule has 0 radical (unpaired) electrons. The Labute approximate surface area is 105 Å². The van der Waals surface area contributed by atoms with E-state index in [1.165, 1.54) is 12.1 Å². The van der Waals surface area contributed by atoms with Crippen molar-refractivity contribution in [3.8, 4) is 0 Å². The van der Waals surface area contributed by atoms with Crippen LogP contribution in [0.15, 0.2) is 29.2 Å². The average Bonchev–Trinajstić information content (AvgIpc) is 2.32. The van der Waals surface area contributed by atoms with Gasteiger partial charge in [-0.05, 0) is 37.2 Å². The number of nitrogens with one attached hydrogen (secondary N) is 1. The molecule has 0 aliphatic carbocycles. The highest BCUT2D eigenvalue weighted by Crippen LogP contribution is 2.18. The van der Waals surface area contributed by atoms with Gasteiger partial charge in [0.2, 0.25) is 5.91 Å². The quantitative estimate of drug-likeness (QED) is 0.577. The highest BCUT2D eigenvalue weighted by molar-refractivity contribution is 7.99. The van der Waals surface area contributed by atoms with Gasteiger partial charge in [-0.3, -0.25) is 4.79 Å². The molecule has 0 aliphatic rings. The highest BCUT2D eigenvalue weighted by Gasteiger charge is 2.01. The number of carbonyl (C=O) groups is 1. The van der Waals surface area contributed by atoms with Gasteiger partial charge >= 0.3 is 0 Å². The van der Waals surface area contributed by atoms with Gasteiger partial charge in [-0.25, -0.2) is 4.39 Å². The van der Waals surface area contributed by atoms with Crippen LogP contribution in [-0.4, -0.2) is 24.7 Å². The second-order valence-corrected chi connectivity index (χ2v) is 4.71. The zero-order valence-electron chi connectivity index (χ0n) is 9.62. The van der Waals surface area contributed by atoms with E-state index in [2.05, 4.69) is 5.32 Å². The zero-order valence-corrected chi connectivity index (χ0v) is 10.4. The lowest BCUT2D eigenvalue weighted by molar-refractivity contribution is -0.120. The van der Waals surface area contributed by atoms with Gasteiger partial charge in [0.25, 0.3) is 0 Å². The van der Waals surface area contributed by atoms with Crippen LogP contribution in [0.2, 0.25) is 0 Å². The molecule has 1 amide bonds. The molecule has 0 aromatic heterocycles. The van der Waals surface area contributed by atoms with Crippen LogP contribution in [0, 0.1) is 5.82 Å².